The van der Waals surface area contributed by atoms with Crippen LogP contribution in [0.2, 0.25) is 0 Å². The summed E-state index contributed by atoms with van der Waals surface area (Å²) in [7, 11) is 0. The van der Waals surface area contributed by atoms with E-state index in [1.54, 1.807) is 0 Å². The van der Waals surface area contributed by atoms with Gasteiger partial charge in [-0.2, -0.15) is 0 Å². The molecule has 1 fully saturated rings. The van der Waals surface area contributed by atoms with Gasteiger partial charge < -0.3 is 10.1 Å². The zero-order chi connectivity index (χ0) is 9.90. The van der Waals surface area contributed by atoms with Crippen molar-refractivity contribution in [3.05, 3.63) is 0 Å². The lowest BCUT2D eigenvalue weighted by Gasteiger charge is -2.30. The average Bonchev–Trinajstić information content (AvgIpc) is 2.52. The highest BCUT2D eigenvalue weighted by atomic mass is 35.5. The lowest BCUT2D eigenvalue weighted by molar-refractivity contribution is 0.103. The fraction of sp³-hybridized carbons (Fsp3) is 1.00. The van der Waals surface area contributed by atoms with Crippen molar-refractivity contribution in [2.24, 2.45) is 0 Å². The van der Waals surface area contributed by atoms with Crippen LogP contribution in [0.4, 0.5) is 0 Å². The van der Waals surface area contributed by atoms with Gasteiger partial charge in [-0.3, -0.25) is 0 Å². The monoisotopic (exact) mass is 205 g/mol. The quantitative estimate of drug-likeness (QED) is 0.711. The molecule has 1 aliphatic rings. The molecule has 0 radical (unpaired) electrons. The third-order valence-corrected chi connectivity index (χ3v) is 3.35. The van der Waals surface area contributed by atoms with Crippen LogP contribution in [-0.4, -0.2) is 30.2 Å². The number of nitrogens with one attached hydrogen (secondary N) is 1. The van der Waals surface area contributed by atoms with E-state index in [0.29, 0.717) is 6.10 Å². The molecule has 3 heteroatoms. The number of rotatable bonds is 4. The fourth-order valence-corrected chi connectivity index (χ4v) is 1.40. The maximum absolute atomic E-state index is 6.05. The smallest absolute Gasteiger partial charge is 0.0700 e. The van der Waals surface area contributed by atoms with Crippen molar-refractivity contribution < 1.29 is 4.74 Å². The maximum atomic E-state index is 6.05. The summed E-state index contributed by atoms with van der Waals surface area (Å²) in [6, 6.07) is 0. The SMILES string of the molecule is CC(Cl)C(C)(C)NCC1CCCO1. The summed E-state index contributed by atoms with van der Waals surface area (Å²) in [6.07, 6.45) is 2.78. The van der Waals surface area contributed by atoms with E-state index in [1.165, 1.54) is 12.8 Å². The van der Waals surface area contributed by atoms with Gasteiger partial charge in [0.25, 0.3) is 0 Å². The van der Waals surface area contributed by atoms with Crippen LogP contribution in [0.5, 0.6) is 0 Å². The third kappa shape index (κ3) is 3.45. The highest BCUT2D eigenvalue weighted by molar-refractivity contribution is 6.21. The Morgan fingerprint density at radius 2 is 2.31 bits per heavy atom. The van der Waals surface area contributed by atoms with Crippen LogP contribution in [0.15, 0.2) is 0 Å². The Balaban J connectivity index is 2.24. The van der Waals surface area contributed by atoms with Crippen molar-refractivity contribution in [1.29, 1.82) is 0 Å². The van der Waals surface area contributed by atoms with E-state index in [2.05, 4.69) is 19.2 Å². The molecule has 0 amide bonds. The first kappa shape index (κ1) is 11.3. The molecule has 0 saturated carbocycles. The molecule has 1 rings (SSSR count). The second kappa shape index (κ2) is 4.63. The Hall–Kier alpha value is 0.210. The molecule has 2 nitrogen and oxygen atoms in total. The average molecular weight is 206 g/mol. The highest BCUT2D eigenvalue weighted by Gasteiger charge is 2.25. The Labute approximate surface area is 86.0 Å². The van der Waals surface area contributed by atoms with E-state index in [9.17, 15) is 0 Å². The predicted octanol–water partition coefficient (Wildman–Crippen LogP) is 2.16. The first-order valence-corrected chi connectivity index (χ1v) is 5.47. The number of halogens is 1. The van der Waals surface area contributed by atoms with Gasteiger partial charge in [0, 0.05) is 24.1 Å². The van der Waals surface area contributed by atoms with Gasteiger partial charge in [-0.05, 0) is 33.6 Å². The summed E-state index contributed by atoms with van der Waals surface area (Å²) in [5, 5.41) is 3.58. The Bertz CT molecular complexity index is 153. The van der Waals surface area contributed by atoms with Crippen LogP contribution in [0.1, 0.15) is 33.6 Å². The van der Waals surface area contributed by atoms with Gasteiger partial charge in [-0.15, -0.1) is 11.6 Å². The summed E-state index contributed by atoms with van der Waals surface area (Å²) < 4.78 is 5.52. The minimum atomic E-state index is -0.00644. The molecule has 1 aliphatic heterocycles. The zero-order valence-corrected chi connectivity index (χ0v) is 9.53. The molecule has 0 bridgehead atoms. The van der Waals surface area contributed by atoms with E-state index in [-0.39, 0.29) is 10.9 Å². The lowest BCUT2D eigenvalue weighted by atomic mass is 10.0. The van der Waals surface area contributed by atoms with Crippen LogP contribution in [0.3, 0.4) is 0 Å². The molecule has 1 heterocycles. The van der Waals surface area contributed by atoms with Crippen molar-refractivity contribution >= 4 is 11.6 Å². The molecule has 13 heavy (non-hydrogen) atoms. The van der Waals surface area contributed by atoms with Gasteiger partial charge in [0.05, 0.1) is 6.10 Å². The van der Waals surface area contributed by atoms with Crippen molar-refractivity contribution in [3.63, 3.8) is 0 Å². The normalized spacial score (nSPS) is 26.3. The molecule has 0 aliphatic carbocycles. The Morgan fingerprint density at radius 3 is 2.77 bits per heavy atom. The molecule has 0 spiro atoms. The zero-order valence-electron chi connectivity index (χ0n) is 8.77. The van der Waals surface area contributed by atoms with E-state index in [1.807, 2.05) is 6.92 Å². The van der Waals surface area contributed by atoms with Crippen molar-refractivity contribution in [3.8, 4) is 0 Å². The summed E-state index contributed by atoms with van der Waals surface area (Å²) in [5.41, 5.74) is -0.00644. The topological polar surface area (TPSA) is 21.3 Å². The second-order valence-electron chi connectivity index (χ2n) is 4.35. The van der Waals surface area contributed by atoms with Crippen LogP contribution in [-0.2, 0) is 4.74 Å². The summed E-state index contributed by atoms with van der Waals surface area (Å²) in [4.78, 5) is 0. The lowest BCUT2D eigenvalue weighted by Crippen LogP contribution is -2.48. The fourth-order valence-electron chi connectivity index (χ4n) is 1.32. The Kier molecular flexibility index (Phi) is 4.02. The van der Waals surface area contributed by atoms with Gasteiger partial charge in [-0.25, -0.2) is 0 Å². The summed E-state index contributed by atoms with van der Waals surface area (Å²) in [6.45, 7) is 8.11. The van der Waals surface area contributed by atoms with Crippen molar-refractivity contribution in [2.45, 2.75) is 50.6 Å². The molecule has 1 saturated heterocycles. The molecule has 78 valence electrons. The number of hydrogen-bond acceptors (Lipinski definition) is 2. The van der Waals surface area contributed by atoms with Gasteiger partial charge in [0.15, 0.2) is 0 Å². The molecule has 2 unspecified atom stereocenters. The number of alkyl halides is 1. The van der Waals surface area contributed by atoms with Crippen LogP contribution in [0, 0.1) is 0 Å². The van der Waals surface area contributed by atoms with Crippen LogP contribution in [0.25, 0.3) is 0 Å². The third-order valence-electron chi connectivity index (χ3n) is 2.80. The highest BCUT2D eigenvalue weighted by Crippen LogP contribution is 2.16. The molecule has 0 aromatic carbocycles. The van der Waals surface area contributed by atoms with Crippen molar-refractivity contribution in [2.75, 3.05) is 13.2 Å². The minimum absolute atomic E-state index is 0.00644. The molecule has 0 aromatic rings. The molecule has 2 atom stereocenters. The molecule has 1 N–H and O–H groups in total. The molecular formula is C10H20ClNO. The minimum Gasteiger partial charge on any atom is -0.377 e. The first-order valence-electron chi connectivity index (χ1n) is 5.03. The standard InChI is InChI=1S/C10H20ClNO/c1-8(11)10(2,3)12-7-9-5-4-6-13-9/h8-9,12H,4-7H2,1-3H3. The largest absolute Gasteiger partial charge is 0.377 e. The van der Waals surface area contributed by atoms with Gasteiger partial charge in [0.2, 0.25) is 0 Å². The van der Waals surface area contributed by atoms with E-state index >= 15 is 0 Å². The van der Waals surface area contributed by atoms with Gasteiger partial charge >= 0.3 is 0 Å². The maximum Gasteiger partial charge on any atom is 0.0700 e. The van der Waals surface area contributed by atoms with Crippen LogP contribution < -0.4 is 5.32 Å². The molecular weight excluding hydrogens is 186 g/mol. The summed E-state index contributed by atoms with van der Waals surface area (Å²) in [5.74, 6) is 0. The van der Waals surface area contributed by atoms with E-state index < -0.39 is 0 Å². The summed E-state index contributed by atoms with van der Waals surface area (Å²) >= 11 is 6.05. The van der Waals surface area contributed by atoms with Gasteiger partial charge in [0.1, 0.15) is 0 Å². The number of ether oxygens (including phenoxy) is 1. The Morgan fingerprint density at radius 1 is 1.62 bits per heavy atom. The van der Waals surface area contributed by atoms with E-state index in [0.717, 1.165) is 13.2 Å². The molecule has 0 aromatic heterocycles. The second-order valence-corrected chi connectivity index (χ2v) is 5.01. The van der Waals surface area contributed by atoms with Gasteiger partial charge in [-0.1, -0.05) is 0 Å². The number of hydrogen-bond donors (Lipinski definition) is 1. The predicted molar refractivity (Wildman–Crippen MR) is 56.4 cm³/mol. The first-order chi connectivity index (χ1) is 6.02. The van der Waals surface area contributed by atoms with E-state index in [4.69, 9.17) is 16.3 Å². The van der Waals surface area contributed by atoms with Crippen molar-refractivity contribution in [1.82, 2.24) is 5.32 Å². The van der Waals surface area contributed by atoms with Crippen LogP contribution >= 0.6 is 11.6 Å².